The summed E-state index contributed by atoms with van der Waals surface area (Å²) in [4.78, 5) is 11.3. The third-order valence-corrected chi connectivity index (χ3v) is 2.00. The molecule has 0 rings (SSSR count). The molecule has 2 N–H and O–H groups in total. The average molecular weight is 216 g/mol. The van der Waals surface area contributed by atoms with Crippen LogP contribution in [0.2, 0.25) is 0 Å². The molecular weight excluding hydrogens is 192 g/mol. The van der Waals surface area contributed by atoms with E-state index in [0.717, 1.165) is 32.5 Å². The third-order valence-electron chi connectivity index (χ3n) is 2.00. The van der Waals surface area contributed by atoms with Crippen molar-refractivity contribution < 1.29 is 9.53 Å². The van der Waals surface area contributed by atoms with Crippen molar-refractivity contribution in [3.8, 4) is 0 Å². The van der Waals surface area contributed by atoms with Crippen LogP contribution in [0.25, 0.3) is 0 Å². The summed E-state index contributed by atoms with van der Waals surface area (Å²) in [6, 6.07) is 0.444. The minimum Gasteiger partial charge on any atom is -0.385 e. The summed E-state index contributed by atoms with van der Waals surface area (Å²) in [7, 11) is 1.69. The fourth-order valence-corrected chi connectivity index (χ4v) is 1.16. The zero-order chi connectivity index (χ0) is 11.5. The molecule has 0 fully saturated rings. The standard InChI is InChI=1S/C11H24N2O2/c1-10(2)12-8-6-11(14)13-7-4-5-9-15-3/h10,12H,4-9H2,1-3H3,(H,13,14). The largest absolute Gasteiger partial charge is 0.385 e. The number of carbonyl (C=O) groups excluding carboxylic acids is 1. The predicted molar refractivity (Wildman–Crippen MR) is 61.9 cm³/mol. The molecule has 15 heavy (non-hydrogen) atoms. The lowest BCUT2D eigenvalue weighted by atomic mass is 10.3. The second-order valence-electron chi connectivity index (χ2n) is 3.91. The van der Waals surface area contributed by atoms with Gasteiger partial charge in [0.05, 0.1) is 0 Å². The van der Waals surface area contributed by atoms with Crippen LogP contribution in [0, 0.1) is 0 Å². The summed E-state index contributed by atoms with van der Waals surface area (Å²) >= 11 is 0. The van der Waals surface area contributed by atoms with Crippen LogP contribution in [0.4, 0.5) is 0 Å². The third kappa shape index (κ3) is 11.3. The Hall–Kier alpha value is -0.610. The van der Waals surface area contributed by atoms with Crippen LogP contribution in [0.1, 0.15) is 33.1 Å². The van der Waals surface area contributed by atoms with E-state index in [1.165, 1.54) is 0 Å². The van der Waals surface area contributed by atoms with Crippen LogP contribution in [0.15, 0.2) is 0 Å². The molecule has 0 spiro atoms. The highest BCUT2D eigenvalue weighted by atomic mass is 16.5. The molecule has 4 heteroatoms. The molecule has 90 valence electrons. The Morgan fingerprint density at radius 3 is 2.60 bits per heavy atom. The van der Waals surface area contributed by atoms with E-state index in [9.17, 15) is 4.79 Å². The van der Waals surface area contributed by atoms with Gasteiger partial charge in [0.2, 0.25) is 5.91 Å². The molecule has 1 amide bonds. The summed E-state index contributed by atoms with van der Waals surface area (Å²) in [5.74, 6) is 0.126. The molecule has 0 radical (unpaired) electrons. The van der Waals surface area contributed by atoms with Crippen molar-refractivity contribution in [2.45, 2.75) is 39.2 Å². The van der Waals surface area contributed by atoms with Crippen LogP contribution < -0.4 is 10.6 Å². The van der Waals surface area contributed by atoms with Gasteiger partial charge in [-0.15, -0.1) is 0 Å². The molecular formula is C11H24N2O2. The molecule has 0 saturated heterocycles. The van der Waals surface area contributed by atoms with Gasteiger partial charge in [0.15, 0.2) is 0 Å². The lowest BCUT2D eigenvalue weighted by Crippen LogP contribution is -2.31. The van der Waals surface area contributed by atoms with E-state index in [1.54, 1.807) is 7.11 Å². The zero-order valence-electron chi connectivity index (χ0n) is 10.1. The topological polar surface area (TPSA) is 50.4 Å². The highest BCUT2D eigenvalue weighted by Crippen LogP contribution is 1.88. The smallest absolute Gasteiger partial charge is 0.221 e. The molecule has 0 atom stereocenters. The summed E-state index contributed by atoms with van der Waals surface area (Å²) in [6.45, 7) is 6.42. The number of unbranched alkanes of at least 4 members (excludes halogenated alkanes) is 1. The van der Waals surface area contributed by atoms with Crippen molar-refractivity contribution in [3.05, 3.63) is 0 Å². The number of methoxy groups -OCH3 is 1. The molecule has 0 aliphatic heterocycles. The Kier molecular flexibility index (Phi) is 9.52. The minimum absolute atomic E-state index is 0.126. The Morgan fingerprint density at radius 1 is 1.27 bits per heavy atom. The van der Waals surface area contributed by atoms with Crippen LogP contribution in [0.5, 0.6) is 0 Å². The second-order valence-corrected chi connectivity index (χ2v) is 3.91. The van der Waals surface area contributed by atoms with Crippen molar-refractivity contribution in [3.63, 3.8) is 0 Å². The van der Waals surface area contributed by atoms with Gasteiger partial charge < -0.3 is 15.4 Å². The first-order valence-corrected chi connectivity index (χ1v) is 5.66. The lowest BCUT2D eigenvalue weighted by molar-refractivity contribution is -0.121. The van der Waals surface area contributed by atoms with E-state index in [0.29, 0.717) is 12.5 Å². The molecule has 0 aromatic rings. The Labute approximate surface area is 92.8 Å². The quantitative estimate of drug-likeness (QED) is 0.563. The number of hydrogen-bond acceptors (Lipinski definition) is 3. The van der Waals surface area contributed by atoms with Crippen molar-refractivity contribution in [1.82, 2.24) is 10.6 Å². The van der Waals surface area contributed by atoms with Gasteiger partial charge in [-0.05, 0) is 12.8 Å². The van der Waals surface area contributed by atoms with Gasteiger partial charge in [-0.1, -0.05) is 13.8 Å². The van der Waals surface area contributed by atoms with E-state index in [4.69, 9.17) is 4.74 Å². The highest BCUT2D eigenvalue weighted by molar-refractivity contribution is 5.75. The zero-order valence-corrected chi connectivity index (χ0v) is 10.1. The average Bonchev–Trinajstić information content (AvgIpc) is 2.17. The Bertz CT molecular complexity index is 161. The van der Waals surface area contributed by atoms with E-state index in [-0.39, 0.29) is 5.91 Å². The van der Waals surface area contributed by atoms with Crippen molar-refractivity contribution in [1.29, 1.82) is 0 Å². The van der Waals surface area contributed by atoms with Crippen molar-refractivity contribution >= 4 is 5.91 Å². The monoisotopic (exact) mass is 216 g/mol. The molecule has 0 aromatic carbocycles. The first kappa shape index (κ1) is 14.4. The molecule has 0 unspecified atom stereocenters. The van der Waals surface area contributed by atoms with Gasteiger partial charge in [0.25, 0.3) is 0 Å². The van der Waals surface area contributed by atoms with Crippen LogP contribution in [-0.4, -0.2) is 38.8 Å². The van der Waals surface area contributed by atoms with Crippen LogP contribution >= 0.6 is 0 Å². The Morgan fingerprint density at radius 2 is 2.00 bits per heavy atom. The van der Waals surface area contributed by atoms with Crippen LogP contribution in [0.3, 0.4) is 0 Å². The molecule has 4 nitrogen and oxygen atoms in total. The van der Waals surface area contributed by atoms with Crippen molar-refractivity contribution in [2.24, 2.45) is 0 Å². The fourth-order valence-electron chi connectivity index (χ4n) is 1.16. The first-order chi connectivity index (χ1) is 7.16. The molecule has 0 aliphatic rings. The maximum atomic E-state index is 11.3. The van der Waals surface area contributed by atoms with E-state index in [2.05, 4.69) is 24.5 Å². The fraction of sp³-hybridized carbons (Fsp3) is 0.909. The van der Waals surface area contributed by atoms with E-state index < -0.39 is 0 Å². The number of nitrogens with one attached hydrogen (secondary N) is 2. The number of rotatable bonds is 9. The normalized spacial score (nSPS) is 10.7. The number of hydrogen-bond donors (Lipinski definition) is 2. The SMILES string of the molecule is COCCCCNC(=O)CCNC(C)C. The van der Waals surface area contributed by atoms with Crippen molar-refractivity contribution in [2.75, 3.05) is 26.8 Å². The second kappa shape index (κ2) is 9.93. The van der Waals surface area contributed by atoms with Gasteiger partial charge in [-0.2, -0.15) is 0 Å². The predicted octanol–water partition coefficient (Wildman–Crippen LogP) is 0.917. The minimum atomic E-state index is 0.126. The van der Waals surface area contributed by atoms with Gasteiger partial charge in [-0.25, -0.2) is 0 Å². The number of ether oxygens (including phenoxy) is 1. The van der Waals surface area contributed by atoms with E-state index >= 15 is 0 Å². The van der Waals surface area contributed by atoms with Crippen LogP contribution in [-0.2, 0) is 9.53 Å². The van der Waals surface area contributed by atoms with Gasteiger partial charge in [0, 0.05) is 39.3 Å². The summed E-state index contributed by atoms with van der Waals surface area (Å²) in [6.07, 6.45) is 2.54. The summed E-state index contributed by atoms with van der Waals surface area (Å²) in [5.41, 5.74) is 0. The molecule has 0 aliphatic carbocycles. The maximum Gasteiger partial charge on any atom is 0.221 e. The van der Waals surface area contributed by atoms with Gasteiger partial charge >= 0.3 is 0 Å². The molecule has 0 heterocycles. The number of amides is 1. The Balaban J connectivity index is 3.19. The van der Waals surface area contributed by atoms with E-state index in [1.807, 2.05) is 0 Å². The number of carbonyl (C=O) groups is 1. The van der Waals surface area contributed by atoms with Gasteiger partial charge in [0.1, 0.15) is 0 Å². The summed E-state index contributed by atoms with van der Waals surface area (Å²) in [5, 5.41) is 6.09. The molecule has 0 aromatic heterocycles. The van der Waals surface area contributed by atoms with Gasteiger partial charge in [-0.3, -0.25) is 4.79 Å². The first-order valence-electron chi connectivity index (χ1n) is 5.66. The lowest BCUT2D eigenvalue weighted by Gasteiger charge is -2.08. The molecule has 0 bridgehead atoms. The molecule has 0 saturated carbocycles. The maximum absolute atomic E-state index is 11.3. The highest BCUT2D eigenvalue weighted by Gasteiger charge is 2.00. The summed E-state index contributed by atoms with van der Waals surface area (Å²) < 4.78 is 4.92.